The maximum atomic E-state index is 10.6. The monoisotopic (exact) mass is 181 g/mol. The van der Waals surface area contributed by atoms with E-state index in [0.29, 0.717) is 6.54 Å². The van der Waals surface area contributed by atoms with Crippen LogP contribution >= 0.6 is 0 Å². The maximum absolute atomic E-state index is 10.6. The van der Waals surface area contributed by atoms with Gasteiger partial charge in [-0.25, -0.2) is 12.7 Å². The zero-order chi connectivity index (χ0) is 9.49. The van der Waals surface area contributed by atoms with E-state index in [2.05, 4.69) is 0 Å². The predicted molar refractivity (Wildman–Crippen MR) is 49.1 cm³/mol. The van der Waals surface area contributed by atoms with Gasteiger partial charge in [-0.2, -0.15) is 0 Å². The maximum Gasteiger partial charge on any atom is 0.210 e. The van der Waals surface area contributed by atoms with Crippen molar-refractivity contribution in [3.63, 3.8) is 0 Å². The van der Waals surface area contributed by atoms with Crippen LogP contribution in [0.5, 0.6) is 0 Å². The Morgan fingerprint density at radius 2 is 1.64 bits per heavy atom. The molecule has 0 rings (SSSR count). The standard InChI is InChI=1S/C5H13NO2S.C2H6/c1-4-5-6(2)9(3,7)8;1-2/h4-5H2,1-3H3;1-2H3. The lowest BCUT2D eigenvalue weighted by Crippen LogP contribution is -2.25. The van der Waals surface area contributed by atoms with Gasteiger partial charge in [-0.15, -0.1) is 0 Å². The molecule has 11 heavy (non-hydrogen) atoms. The van der Waals surface area contributed by atoms with E-state index >= 15 is 0 Å². The SMILES string of the molecule is CC.CCCN(C)S(C)(=O)=O. The summed E-state index contributed by atoms with van der Waals surface area (Å²) in [5, 5.41) is 0. The summed E-state index contributed by atoms with van der Waals surface area (Å²) in [4.78, 5) is 0. The molecule has 0 aromatic heterocycles. The molecule has 0 bridgehead atoms. The largest absolute Gasteiger partial charge is 0.213 e. The molecule has 3 nitrogen and oxygen atoms in total. The van der Waals surface area contributed by atoms with Gasteiger partial charge in [0.2, 0.25) is 10.0 Å². The van der Waals surface area contributed by atoms with Gasteiger partial charge in [0, 0.05) is 13.6 Å². The summed E-state index contributed by atoms with van der Waals surface area (Å²) in [6.07, 6.45) is 2.08. The van der Waals surface area contributed by atoms with Gasteiger partial charge in [0.1, 0.15) is 0 Å². The van der Waals surface area contributed by atoms with E-state index in [4.69, 9.17) is 0 Å². The Bertz CT molecular complexity index is 163. The van der Waals surface area contributed by atoms with Crippen LogP contribution in [0.1, 0.15) is 27.2 Å². The van der Waals surface area contributed by atoms with Gasteiger partial charge in [-0.1, -0.05) is 20.8 Å². The molecule has 0 unspecified atom stereocenters. The van der Waals surface area contributed by atoms with Crippen LogP contribution in [0, 0.1) is 0 Å². The third-order valence-corrected chi connectivity index (χ3v) is 2.42. The summed E-state index contributed by atoms with van der Waals surface area (Å²) in [5.74, 6) is 0. The molecule has 0 N–H and O–H groups in total. The van der Waals surface area contributed by atoms with Gasteiger partial charge in [0.15, 0.2) is 0 Å². The molecule has 0 amide bonds. The topological polar surface area (TPSA) is 37.4 Å². The second kappa shape index (κ2) is 6.61. The van der Waals surface area contributed by atoms with E-state index in [-0.39, 0.29) is 0 Å². The number of rotatable bonds is 3. The minimum atomic E-state index is -2.93. The molecule has 0 aliphatic rings. The van der Waals surface area contributed by atoms with Gasteiger partial charge >= 0.3 is 0 Å². The molecule has 0 heterocycles. The summed E-state index contributed by atoms with van der Waals surface area (Å²) < 4.78 is 22.6. The van der Waals surface area contributed by atoms with Crippen molar-refractivity contribution >= 4 is 10.0 Å². The highest BCUT2D eigenvalue weighted by Gasteiger charge is 2.07. The van der Waals surface area contributed by atoms with E-state index in [0.717, 1.165) is 6.42 Å². The van der Waals surface area contributed by atoms with Crippen molar-refractivity contribution in [1.82, 2.24) is 4.31 Å². The van der Waals surface area contributed by atoms with Crippen molar-refractivity contribution in [2.75, 3.05) is 19.8 Å². The smallest absolute Gasteiger partial charge is 0.210 e. The summed E-state index contributed by atoms with van der Waals surface area (Å²) in [6.45, 7) is 6.56. The van der Waals surface area contributed by atoms with E-state index in [1.54, 1.807) is 7.05 Å². The summed E-state index contributed by atoms with van der Waals surface area (Å²) in [5.41, 5.74) is 0. The highest BCUT2D eigenvalue weighted by molar-refractivity contribution is 7.88. The number of hydrogen-bond donors (Lipinski definition) is 0. The van der Waals surface area contributed by atoms with Crippen LogP contribution in [0.4, 0.5) is 0 Å². The second-order valence-corrected chi connectivity index (χ2v) is 4.17. The first-order valence-electron chi connectivity index (χ1n) is 3.89. The van der Waals surface area contributed by atoms with Gasteiger partial charge in [-0.3, -0.25) is 0 Å². The van der Waals surface area contributed by atoms with Crippen LogP contribution in [0.2, 0.25) is 0 Å². The average molecular weight is 181 g/mol. The Morgan fingerprint density at radius 1 is 1.27 bits per heavy atom. The van der Waals surface area contributed by atoms with Crippen molar-refractivity contribution in [3.8, 4) is 0 Å². The molecule has 0 radical (unpaired) electrons. The first-order chi connectivity index (χ1) is 4.98. The van der Waals surface area contributed by atoms with Crippen molar-refractivity contribution in [1.29, 1.82) is 0 Å². The third-order valence-electron chi connectivity index (χ3n) is 1.10. The second-order valence-electron chi connectivity index (χ2n) is 2.08. The fraction of sp³-hybridized carbons (Fsp3) is 1.00. The fourth-order valence-electron chi connectivity index (χ4n) is 0.481. The highest BCUT2D eigenvalue weighted by Crippen LogP contribution is 1.92. The van der Waals surface area contributed by atoms with E-state index < -0.39 is 10.0 Å². The first-order valence-corrected chi connectivity index (χ1v) is 5.74. The average Bonchev–Trinajstić information content (AvgIpc) is 1.91. The Hall–Kier alpha value is -0.0900. The van der Waals surface area contributed by atoms with E-state index in [1.807, 2.05) is 20.8 Å². The highest BCUT2D eigenvalue weighted by atomic mass is 32.2. The molecule has 0 aliphatic heterocycles. The summed E-state index contributed by atoms with van der Waals surface area (Å²) in [7, 11) is -1.35. The lowest BCUT2D eigenvalue weighted by atomic mass is 10.5. The zero-order valence-corrected chi connectivity index (χ0v) is 8.90. The van der Waals surface area contributed by atoms with Crippen molar-refractivity contribution in [3.05, 3.63) is 0 Å². The van der Waals surface area contributed by atoms with Crippen molar-refractivity contribution < 1.29 is 8.42 Å². The Morgan fingerprint density at radius 3 is 1.73 bits per heavy atom. The Labute approximate surface area is 70.5 Å². The van der Waals surface area contributed by atoms with Gasteiger partial charge in [-0.05, 0) is 6.42 Å². The lowest BCUT2D eigenvalue weighted by molar-refractivity contribution is 0.474. The van der Waals surface area contributed by atoms with Crippen molar-refractivity contribution in [2.45, 2.75) is 27.2 Å². The molecule has 0 saturated carbocycles. The molecule has 0 saturated heterocycles. The quantitative estimate of drug-likeness (QED) is 0.658. The summed E-state index contributed by atoms with van der Waals surface area (Å²) in [6, 6.07) is 0. The van der Waals surface area contributed by atoms with Crippen LogP contribution in [0.15, 0.2) is 0 Å². The van der Waals surface area contributed by atoms with Crippen LogP contribution in [0.3, 0.4) is 0 Å². The molecule has 0 fully saturated rings. The normalized spacial score (nSPS) is 10.7. The molecule has 0 aliphatic carbocycles. The summed E-state index contributed by atoms with van der Waals surface area (Å²) >= 11 is 0. The van der Waals surface area contributed by atoms with Gasteiger partial charge in [0.25, 0.3) is 0 Å². The Balaban J connectivity index is 0. The van der Waals surface area contributed by atoms with Crippen LogP contribution < -0.4 is 0 Å². The number of nitrogens with zero attached hydrogens (tertiary/aromatic N) is 1. The van der Waals surface area contributed by atoms with Gasteiger partial charge < -0.3 is 0 Å². The first kappa shape index (κ1) is 13.5. The molecular formula is C7H19NO2S. The van der Waals surface area contributed by atoms with Gasteiger partial charge in [0.05, 0.1) is 6.26 Å². The minimum Gasteiger partial charge on any atom is -0.213 e. The molecule has 0 aromatic carbocycles. The van der Waals surface area contributed by atoms with E-state index in [1.165, 1.54) is 10.6 Å². The van der Waals surface area contributed by atoms with Crippen LogP contribution in [-0.4, -0.2) is 32.6 Å². The molecule has 70 valence electrons. The molecule has 0 atom stereocenters. The lowest BCUT2D eigenvalue weighted by Gasteiger charge is -2.11. The number of hydrogen-bond acceptors (Lipinski definition) is 2. The minimum absolute atomic E-state index is 0.610. The molecular weight excluding hydrogens is 162 g/mol. The van der Waals surface area contributed by atoms with Crippen LogP contribution in [-0.2, 0) is 10.0 Å². The molecule has 4 heteroatoms. The zero-order valence-electron chi connectivity index (χ0n) is 8.09. The van der Waals surface area contributed by atoms with Crippen LogP contribution in [0.25, 0.3) is 0 Å². The fourth-order valence-corrected chi connectivity index (χ4v) is 0.995. The molecule has 0 spiro atoms. The number of sulfonamides is 1. The Kier molecular flexibility index (Phi) is 8.11. The predicted octanol–water partition coefficient (Wildman–Crippen LogP) is 1.31. The van der Waals surface area contributed by atoms with E-state index in [9.17, 15) is 8.42 Å². The molecule has 0 aromatic rings. The third kappa shape index (κ3) is 7.81. The van der Waals surface area contributed by atoms with Crippen molar-refractivity contribution in [2.24, 2.45) is 0 Å².